The lowest BCUT2D eigenvalue weighted by Crippen LogP contribution is -2.32. The van der Waals surface area contributed by atoms with E-state index < -0.39 is 0 Å². The van der Waals surface area contributed by atoms with E-state index in [0.29, 0.717) is 27.5 Å². The molecule has 0 radical (unpaired) electrons. The zero-order valence-electron chi connectivity index (χ0n) is 13.4. The van der Waals surface area contributed by atoms with Crippen LogP contribution in [-0.2, 0) is 6.54 Å². The number of hydrogen-bond acceptors (Lipinski definition) is 10. The summed E-state index contributed by atoms with van der Waals surface area (Å²) in [5.41, 5.74) is 12.3. The average Bonchev–Trinajstić information content (AvgIpc) is 2.57. The largest absolute Gasteiger partial charge is 0.491 e. The zero-order valence-corrected chi connectivity index (χ0v) is 15.0. The maximum Gasteiger partial charge on any atom is 0.223 e. The number of rotatable bonds is 6. The Kier molecular flexibility index (Phi) is 5.46. The first kappa shape index (κ1) is 17.8. The maximum atomic E-state index is 6.07. The molecule has 0 bridgehead atoms. The van der Waals surface area contributed by atoms with E-state index in [-0.39, 0.29) is 24.0 Å². The quantitative estimate of drug-likeness (QED) is 0.360. The molecule has 130 valence electrons. The highest BCUT2D eigenvalue weighted by Crippen LogP contribution is 2.39. The normalized spacial score (nSPS) is 10.4. The number of ether oxygens (including phenoxy) is 3. The van der Waals surface area contributed by atoms with Gasteiger partial charge in [0.15, 0.2) is 17.3 Å². The zero-order chi connectivity index (χ0) is 17.9. The molecule has 2 heterocycles. The fraction of sp³-hybridized carbons (Fsp3) is 0.308. The average molecular weight is 400 g/mol. The molecule has 0 unspecified atom stereocenters. The molecule has 24 heavy (non-hydrogen) atoms. The second-order valence-electron chi connectivity index (χ2n) is 4.58. The summed E-state index contributed by atoms with van der Waals surface area (Å²) < 4.78 is 16.3. The predicted octanol–water partition coefficient (Wildman–Crippen LogP) is 0.705. The van der Waals surface area contributed by atoms with Crippen LogP contribution in [0.3, 0.4) is 0 Å². The van der Waals surface area contributed by atoms with Gasteiger partial charge in [0.2, 0.25) is 11.7 Å². The lowest BCUT2D eigenvalue weighted by atomic mass is 10.2. The van der Waals surface area contributed by atoms with Crippen molar-refractivity contribution in [3.05, 3.63) is 16.5 Å². The van der Waals surface area contributed by atoms with Gasteiger partial charge in [-0.1, -0.05) is 0 Å². The highest BCUT2D eigenvalue weighted by atomic mass is 79.9. The van der Waals surface area contributed by atoms with Crippen molar-refractivity contribution in [2.45, 2.75) is 6.54 Å². The molecule has 0 aromatic carbocycles. The molecule has 0 fully saturated rings. The molecule has 0 aliphatic carbocycles. The molecule has 2 aromatic rings. The molecule has 0 saturated carbocycles. The molecule has 0 atom stereocenters. The molecule has 0 aliphatic rings. The van der Waals surface area contributed by atoms with E-state index in [4.69, 9.17) is 31.5 Å². The minimum absolute atomic E-state index is 0.0359. The molecule has 11 heteroatoms. The van der Waals surface area contributed by atoms with E-state index >= 15 is 0 Å². The van der Waals surface area contributed by atoms with Gasteiger partial charge in [-0.15, -0.1) is 0 Å². The smallest absolute Gasteiger partial charge is 0.223 e. The fourth-order valence-corrected chi connectivity index (χ4v) is 2.42. The van der Waals surface area contributed by atoms with Gasteiger partial charge in [-0.25, -0.2) is 10.8 Å². The van der Waals surface area contributed by atoms with Crippen LogP contribution in [0.15, 0.2) is 10.8 Å². The van der Waals surface area contributed by atoms with Gasteiger partial charge in [-0.2, -0.15) is 4.98 Å². The summed E-state index contributed by atoms with van der Waals surface area (Å²) >= 11 is 3.21. The first-order valence-corrected chi connectivity index (χ1v) is 7.46. The van der Waals surface area contributed by atoms with Crippen LogP contribution in [0.4, 0.5) is 17.5 Å². The van der Waals surface area contributed by atoms with E-state index in [1.165, 1.54) is 32.5 Å². The van der Waals surface area contributed by atoms with Crippen LogP contribution < -0.4 is 36.5 Å². The lowest BCUT2D eigenvalue weighted by molar-refractivity contribution is 0.319. The lowest BCUT2D eigenvalue weighted by Gasteiger charge is -2.21. The summed E-state index contributed by atoms with van der Waals surface area (Å²) in [6, 6.07) is 0. The van der Waals surface area contributed by atoms with Crippen molar-refractivity contribution in [3.8, 4) is 17.2 Å². The van der Waals surface area contributed by atoms with Crippen LogP contribution in [0.25, 0.3) is 0 Å². The third-order valence-electron chi connectivity index (χ3n) is 3.15. The SMILES string of the molecule is COc1cnc(CN(N)c2nc(N)nc(Br)c2N)c(OC)c1OC. The summed E-state index contributed by atoms with van der Waals surface area (Å²) in [4.78, 5) is 12.2. The second-order valence-corrected chi connectivity index (χ2v) is 5.33. The number of hydrazine groups is 1. The molecule has 2 rings (SSSR count). The number of nitrogens with two attached hydrogens (primary N) is 3. The van der Waals surface area contributed by atoms with Crippen molar-refractivity contribution >= 4 is 33.4 Å². The monoisotopic (exact) mass is 399 g/mol. The predicted molar refractivity (Wildman–Crippen MR) is 92.8 cm³/mol. The Morgan fingerprint density at radius 3 is 2.33 bits per heavy atom. The van der Waals surface area contributed by atoms with Gasteiger partial charge in [0.1, 0.15) is 16.0 Å². The summed E-state index contributed by atoms with van der Waals surface area (Å²) in [7, 11) is 4.51. The first-order valence-electron chi connectivity index (χ1n) is 6.67. The standard InChI is InChI=1S/C13H18BrN7O3/c1-22-7-4-18-6(9(23-2)10(7)24-3)5-21(17)12-8(15)11(14)19-13(16)20-12/h4H,5,15,17H2,1-3H3,(H2,16,19,20). The highest BCUT2D eigenvalue weighted by Gasteiger charge is 2.21. The topological polar surface area (TPSA) is 148 Å². The molecular formula is C13H18BrN7O3. The maximum absolute atomic E-state index is 6.07. The summed E-state index contributed by atoms with van der Waals surface area (Å²) in [6.45, 7) is 0.136. The van der Waals surface area contributed by atoms with Crippen LogP contribution in [0.5, 0.6) is 17.2 Å². The van der Waals surface area contributed by atoms with Crippen molar-refractivity contribution in [1.29, 1.82) is 0 Å². The molecule has 0 spiro atoms. The van der Waals surface area contributed by atoms with E-state index in [2.05, 4.69) is 30.9 Å². The minimum atomic E-state index is 0.0359. The highest BCUT2D eigenvalue weighted by molar-refractivity contribution is 9.10. The number of aromatic nitrogens is 3. The van der Waals surface area contributed by atoms with Crippen molar-refractivity contribution in [3.63, 3.8) is 0 Å². The van der Waals surface area contributed by atoms with Gasteiger partial charge in [-0.3, -0.25) is 9.99 Å². The van der Waals surface area contributed by atoms with Crippen LogP contribution in [-0.4, -0.2) is 36.3 Å². The Hall–Kier alpha value is -2.53. The second kappa shape index (κ2) is 7.36. The number of hydrogen-bond donors (Lipinski definition) is 3. The Morgan fingerprint density at radius 2 is 1.75 bits per heavy atom. The molecule has 0 saturated heterocycles. The summed E-state index contributed by atoms with van der Waals surface area (Å²) in [5.74, 6) is 7.61. The van der Waals surface area contributed by atoms with Crippen molar-refractivity contribution in [2.24, 2.45) is 5.84 Å². The van der Waals surface area contributed by atoms with Gasteiger partial charge in [0, 0.05) is 0 Å². The van der Waals surface area contributed by atoms with E-state index in [9.17, 15) is 0 Å². The molecule has 0 aliphatic heterocycles. The van der Waals surface area contributed by atoms with Crippen LogP contribution in [0.2, 0.25) is 0 Å². The number of pyridine rings is 1. The number of nitrogen functional groups attached to an aromatic ring is 2. The van der Waals surface area contributed by atoms with Crippen molar-refractivity contribution in [1.82, 2.24) is 15.0 Å². The summed E-state index contributed by atoms with van der Waals surface area (Å²) in [5, 5.41) is 1.29. The molecule has 2 aromatic heterocycles. The third-order valence-corrected chi connectivity index (χ3v) is 3.75. The third kappa shape index (κ3) is 3.36. The molecule has 6 N–H and O–H groups in total. The minimum Gasteiger partial charge on any atom is -0.491 e. The molecular weight excluding hydrogens is 382 g/mol. The van der Waals surface area contributed by atoms with E-state index in [1.54, 1.807) is 0 Å². The number of anilines is 3. The van der Waals surface area contributed by atoms with Gasteiger partial charge < -0.3 is 25.7 Å². The van der Waals surface area contributed by atoms with E-state index in [1.807, 2.05) is 0 Å². The Bertz CT molecular complexity index is 744. The van der Waals surface area contributed by atoms with Gasteiger partial charge in [-0.05, 0) is 15.9 Å². The summed E-state index contributed by atoms with van der Waals surface area (Å²) in [6.07, 6.45) is 1.51. The number of methoxy groups -OCH3 is 3. The first-order chi connectivity index (χ1) is 11.4. The van der Waals surface area contributed by atoms with Crippen molar-refractivity contribution in [2.75, 3.05) is 37.8 Å². The van der Waals surface area contributed by atoms with Crippen LogP contribution in [0, 0.1) is 0 Å². The van der Waals surface area contributed by atoms with Crippen LogP contribution >= 0.6 is 15.9 Å². The Labute approximate surface area is 147 Å². The number of halogens is 1. The molecule has 0 amide bonds. The van der Waals surface area contributed by atoms with Gasteiger partial charge in [0.05, 0.1) is 34.1 Å². The Morgan fingerprint density at radius 1 is 1.08 bits per heavy atom. The van der Waals surface area contributed by atoms with Crippen LogP contribution in [0.1, 0.15) is 5.69 Å². The van der Waals surface area contributed by atoms with Gasteiger partial charge >= 0.3 is 0 Å². The van der Waals surface area contributed by atoms with Gasteiger partial charge in [0.25, 0.3) is 0 Å². The molecule has 10 nitrogen and oxygen atoms in total. The Balaban J connectivity index is 2.41. The number of nitrogens with zero attached hydrogens (tertiary/aromatic N) is 4. The van der Waals surface area contributed by atoms with Crippen molar-refractivity contribution < 1.29 is 14.2 Å². The van der Waals surface area contributed by atoms with E-state index in [0.717, 1.165) is 0 Å². The fourth-order valence-electron chi connectivity index (χ4n) is 2.06.